The molecular weight excluding hydrogens is 214 g/mol. The molecule has 1 aromatic rings. The predicted molar refractivity (Wildman–Crippen MR) is 68.0 cm³/mol. The maximum atomic E-state index is 9.99. The highest BCUT2D eigenvalue weighted by atomic mass is 16.5. The summed E-state index contributed by atoms with van der Waals surface area (Å²) in [4.78, 5) is 0. The summed E-state index contributed by atoms with van der Waals surface area (Å²) in [6.07, 6.45) is 3.06. The molecule has 0 heterocycles. The van der Waals surface area contributed by atoms with E-state index in [0.717, 1.165) is 37.0 Å². The van der Waals surface area contributed by atoms with Crippen molar-refractivity contribution in [2.45, 2.75) is 43.7 Å². The third-order valence-electron chi connectivity index (χ3n) is 3.86. The van der Waals surface area contributed by atoms with E-state index in [0.29, 0.717) is 0 Å². The van der Waals surface area contributed by atoms with Crippen molar-refractivity contribution in [3.8, 4) is 5.75 Å². The van der Waals surface area contributed by atoms with Crippen LogP contribution in [0.2, 0.25) is 0 Å². The smallest absolute Gasteiger partial charge is 0.123 e. The minimum absolute atomic E-state index is 0.366. The van der Waals surface area contributed by atoms with Crippen LogP contribution < -0.4 is 10.5 Å². The van der Waals surface area contributed by atoms with Crippen molar-refractivity contribution in [2.75, 3.05) is 7.11 Å². The van der Waals surface area contributed by atoms with Crippen molar-refractivity contribution < 1.29 is 9.84 Å². The first-order valence-corrected chi connectivity index (χ1v) is 6.12. The molecule has 1 aliphatic carbocycles. The summed E-state index contributed by atoms with van der Waals surface area (Å²) in [5.41, 5.74) is 6.61. The first-order chi connectivity index (χ1) is 7.97. The average molecular weight is 235 g/mol. The van der Waals surface area contributed by atoms with Gasteiger partial charge in [-0.3, -0.25) is 0 Å². The highest BCUT2D eigenvalue weighted by Gasteiger charge is 2.39. The van der Waals surface area contributed by atoms with Crippen LogP contribution in [0.25, 0.3) is 0 Å². The highest BCUT2D eigenvalue weighted by Crippen LogP contribution is 2.42. The van der Waals surface area contributed by atoms with Gasteiger partial charge in [-0.25, -0.2) is 0 Å². The minimum Gasteiger partial charge on any atom is -0.496 e. The van der Waals surface area contributed by atoms with Crippen LogP contribution in [0.3, 0.4) is 0 Å². The molecule has 3 N–H and O–H groups in total. The van der Waals surface area contributed by atoms with E-state index in [1.807, 2.05) is 31.2 Å². The number of hydrogen-bond donors (Lipinski definition) is 2. The van der Waals surface area contributed by atoms with Crippen molar-refractivity contribution in [2.24, 2.45) is 5.73 Å². The van der Waals surface area contributed by atoms with Gasteiger partial charge in [0, 0.05) is 11.1 Å². The molecule has 3 heteroatoms. The topological polar surface area (TPSA) is 55.5 Å². The maximum absolute atomic E-state index is 9.99. The van der Waals surface area contributed by atoms with E-state index in [1.54, 1.807) is 7.11 Å². The fourth-order valence-corrected chi connectivity index (χ4v) is 2.56. The van der Waals surface area contributed by atoms with Crippen molar-refractivity contribution in [3.05, 3.63) is 29.8 Å². The zero-order valence-corrected chi connectivity index (χ0v) is 10.6. The van der Waals surface area contributed by atoms with Gasteiger partial charge in [-0.05, 0) is 38.7 Å². The molecule has 0 atom stereocenters. The number of hydrogen-bond acceptors (Lipinski definition) is 3. The summed E-state index contributed by atoms with van der Waals surface area (Å²) in [6, 6.07) is 7.90. The van der Waals surface area contributed by atoms with Crippen LogP contribution in [-0.2, 0) is 5.54 Å². The van der Waals surface area contributed by atoms with Crippen molar-refractivity contribution in [3.63, 3.8) is 0 Å². The largest absolute Gasteiger partial charge is 0.496 e. The Labute approximate surface area is 103 Å². The molecule has 0 amide bonds. The Balaban J connectivity index is 2.27. The molecule has 1 aliphatic rings. The van der Waals surface area contributed by atoms with Gasteiger partial charge in [0.2, 0.25) is 0 Å². The van der Waals surface area contributed by atoms with E-state index in [2.05, 4.69) is 0 Å². The molecule has 94 valence electrons. The minimum atomic E-state index is -0.565. The number of ether oxygens (including phenoxy) is 1. The molecule has 0 saturated heterocycles. The van der Waals surface area contributed by atoms with Crippen molar-refractivity contribution >= 4 is 0 Å². The third-order valence-corrected chi connectivity index (χ3v) is 3.86. The Kier molecular flexibility index (Phi) is 3.15. The molecule has 0 radical (unpaired) electrons. The van der Waals surface area contributed by atoms with E-state index in [9.17, 15) is 5.11 Å². The van der Waals surface area contributed by atoms with Gasteiger partial charge in [0.25, 0.3) is 0 Å². The summed E-state index contributed by atoms with van der Waals surface area (Å²) >= 11 is 0. The van der Waals surface area contributed by atoms with E-state index < -0.39 is 5.60 Å². The molecule has 17 heavy (non-hydrogen) atoms. The molecule has 1 fully saturated rings. The van der Waals surface area contributed by atoms with Crippen LogP contribution >= 0.6 is 0 Å². The van der Waals surface area contributed by atoms with Crippen molar-refractivity contribution in [1.29, 1.82) is 0 Å². The normalized spacial score (nSPS) is 33.4. The first-order valence-electron chi connectivity index (χ1n) is 6.12. The van der Waals surface area contributed by atoms with Gasteiger partial charge in [0.05, 0.1) is 12.7 Å². The lowest BCUT2D eigenvalue weighted by atomic mass is 9.72. The fourth-order valence-electron chi connectivity index (χ4n) is 2.56. The van der Waals surface area contributed by atoms with Crippen LogP contribution in [0.15, 0.2) is 24.3 Å². The van der Waals surface area contributed by atoms with Gasteiger partial charge >= 0.3 is 0 Å². The molecule has 0 aliphatic heterocycles. The lowest BCUT2D eigenvalue weighted by Crippen LogP contribution is -2.45. The van der Waals surface area contributed by atoms with Gasteiger partial charge < -0.3 is 15.6 Å². The van der Waals surface area contributed by atoms with Crippen LogP contribution in [0.5, 0.6) is 5.75 Å². The Hall–Kier alpha value is -1.06. The first kappa shape index (κ1) is 12.4. The zero-order valence-electron chi connectivity index (χ0n) is 10.6. The lowest BCUT2D eigenvalue weighted by molar-refractivity contribution is 0.000542. The molecule has 0 bridgehead atoms. The average Bonchev–Trinajstić information content (AvgIpc) is 2.33. The van der Waals surface area contributed by atoms with E-state index in [1.165, 1.54) is 0 Å². The molecule has 3 nitrogen and oxygen atoms in total. The molecule has 0 unspecified atom stereocenters. The summed E-state index contributed by atoms with van der Waals surface area (Å²) in [5.74, 6) is 0.844. The monoisotopic (exact) mass is 235 g/mol. The quantitative estimate of drug-likeness (QED) is 0.826. The molecule has 1 aromatic carbocycles. The van der Waals surface area contributed by atoms with Crippen LogP contribution in [0, 0.1) is 0 Å². The summed E-state index contributed by atoms with van der Waals surface area (Å²) in [7, 11) is 1.67. The highest BCUT2D eigenvalue weighted by molar-refractivity contribution is 5.39. The van der Waals surface area contributed by atoms with Gasteiger partial charge in [-0.2, -0.15) is 0 Å². The molecule has 1 saturated carbocycles. The van der Waals surface area contributed by atoms with Gasteiger partial charge in [0.15, 0.2) is 0 Å². The van der Waals surface area contributed by atoms with Gasteiger partial charge in [-0.15, -0.1) is 0 Å². The second-order valence-corrected chi connectivity index (χ2v) is 5.35. The molecule has 2 rings (SSSR count). The van der Waals surface area contributed by atoms with Crippen molar-refractivity contribution in [1.82, 2.24) is 0 Å². The second kappa shape index (κ2) is 4.31. The third kappa shape index (κ3) is 2.45. The number of methoxy groups -OCH3 is 1. The molecule has 0 spiro atoms. The van der Waals surface area contributed by atoms with Gasteiger partial charge in [-0.1, -0.05) is 18.2 Å². The Bertz CT molecular complexity index is 391. The number of para-hydroxylation sites is 1. The maximum Gasteiger partial charge on any atom is 0.123 e. The summed E-state index contributed by atoms with van der Waals surface area (Å²) in [6.45, 7) is 1.88. The Morgan fingerprint density at radius 1 is 1.18 bits per heavy atom. The van der Waals surface area contributed by atoms with E-state index in [4.69, 9.17) is 10.5 Å². The fraction of sp³-hybridized carbons (Fsp3) is 0.571. The van der Waals surface area contributed by atoms with Crippen LogP contribution in [0.4, 0.5) is 0 Å². The van der Waals surface area contributed by atoms with Crippen LogP contribution in [-0.4, -0.2) is 17.8 Å². The Morgan fingerprint density at radius 3 is 2.35 bits per heavy atom. The Morgan fingerprint density at radius 2 is 1.76 bits per heavy atom. The standard InChI is InChI=1S/C14H21NO2/c1-13(16)7-9-14(15,10-8-13)11-5-3-4-6-12(11)17-2/h3-6,16H,7-10,15H2,1-2H3. The van der Waals surface area contributed by atoms with E-state index >= 15 is 0 Å². The van der Waals surface area contributed by atoms with E-state index in [-0.39, 0.29) is 5.54 Å². The number of aliphatic hydroxyl groups is 1. The number of nitrogens with two attached hydrogens (primary N) is 1. The summed E-state index contributed by atoms with van der Waals surface area (Å²) in [5, 5.41) is 9.99. The molecule has 0 aromatic heterocycles. The number of rotatable bonds is 2. The second-order valence-electron chi connectivity index (χ2n) is 5.35. The van der Waals surface area contributed by atoms with Crippen LogP contribution in [0.1, 0.15) is 38.2 Å². The van der Waals surface area contributed by atoms with Gasteiger partial charge in [0.1, 0.15) is 5.75 Å². The zero-order chi connectivity index (χ0) is 12.5. The lowest BCUT2D eigenvalue weighted by Gasteiger charge is -2.41. The predicted octanol–water partition coefficient (Wildman–Crippen LogP) is 2.17. The SMILES string of the molecule is COc1ccccc1C1(N)CCC(C)(O)CC1. The molecular formula is C14H21NO2. The summed E-state index contributed by atoms with van der Waals surface area (Å²) < 4.78 is 5.37. The number of benzene rings is 1.